The number of aryl methyl sites for hydroxylation is 1. The van der Waals surface area contributed by atoms with Crippen molar-refractivity contribution in [2.24, 2.45) is 0 Å². The van der Waals surface area contributed by atoms with E-state index in [2.05, 4.69) is 59.3 Å². The molecule has 0 aromatic heterocycles. The van der Waals surface area contributed by atoms with Gasteiger partial charge in [0.15, 0.2) is 0 Å². The summed E-state index contributed by atoms with van der Waals surface area (Å²) in [5.41, 5.74) is 4.05. The zero-order valence-corrected chi connectivity index (χ0v) is 14.4. The Kier molecular flexibility index (Phi) is 6.31. The van der Waals surface area contributed by atoms with Gasteiger partial charge in [0.1, 0.15) is 5.75 Å². The summed E-state index contributed by atoms with van der Waals surface area (Å²) in [5.74, 6) is 0.919. The number of methoxy groups -OCH3 is 1. The smallest absolute Gasteiger partial charge is 0.119 e. The minimum absolute atomic E-state index is 0.338. The highest BCUT2D eigenvalue weighted by Crippen LogP contribution is 2.28. The number of rotatable bonds is 7. The van der Waals surface area contributed by atoms with Gasteiger partial charge in [0, 0.05) is 4.83 Å². The molecule has 0 spiro atoms. The molecule has 0 aliphatic heterocycles. The molecule has 0 fully saturated rings. The molecule has 0 aliphatic carbocycles. The van der Waals surface area contributed by atoms with Gasteiger partial charge in [-0.25, -0.2) is 0 Å². The summed E-state index contributed by atoms with van der Waals surface area (Å²) in [6.45, 7) is 2.23. The van der Waals surface area contributed by atoms with Crippen LogP contribution < -0.4 is 4.74 Å². The van der Waals surface area contributed by atoms with Gasteiger partial charge in [-0.05, 0) is 48.1 Å². The molecule has 2 aromatic carbocycles. The summed E-state index contributed by atoms with van der Waals surface area (Å²) in [6.07, 6.45) is 4.66. The Morgan fingerprint density at radius 2 is 1.81 bits per heavy atom. The van der Waals surface area contributed by atoms with Crippen molar-refractivity contribution in [1.29, 1.82) is 0 Å². The zero-order valence-electron chi connectivity index (χ0n) is 12.8. The highest BCUT2D eigenvalue weighted by atomic mass is 79.9. The van der Waals surface area contributed by atoms with E-state index in [9.17, 15) is 0 Å². The number of ether oxygens (including phenoxy) is 1. The van der Waals surface area contributed by atoms with Crippen LogP contribution in [0.4, 0.5) is 0 Å². The first kappa shape index (κ1) is 16.1. The average molecular weight is 347 g/mol. The normalized spacial score (nSPS) is 12.1. The Balaban J connectivity index is 2.00. The lowest BCUT2D eigenvalue weighted by Gasteiger charge is -2.12. The molecule has 0 bridgehead atoms. The van der Waals surface area contributed by atoms with E-state index < -0.39 is 0 Å². The summed E-state index contributed by atoms with van der Waals surface area (Å²) in [5, 5.41) is 0. The van der Waals surface area contributed by atoms with Crippen molar-refractivity contribution in [2.75, 3.05) is 7.11 Å². The van der Waals surface area contributed by atoms with Gasteiger partial charge in [0.05, 0.1) is 7.11 Å². The van der Waals surface area contributed by atoms with Gasteiger partial charge in [-0.1, -0.05) is 65.7 Å². The summed E-state index contributed by atoms with van der Waals surface area (Å²) in [7, 11) is 1.71. The molecule has 0 amide bonds. The van der Waals surface area contributed by atoms with E-state index in [4.69, 9.17) is 4.74 Å². The van der Waals surface area contributed by atoms with E-state index in [1.165, 1.54) is 36.0 Å². The van der Waals surface area contributed by atoms with Gasteiger partial charge in [0.25, 0.3) is 0 Å². The maximum Gasteiger partial charge on any atom is 0.119 e. The molecule has 2 aromatic rings. The third-order valence-corrected chi connectivity index (χ3v) is 4.56. The number of alkyl halides is 1. The van der Waals surface area contributed by atoms with Crippen LogP contribution in [0.25, 0.3) is 0 Å². The van der Waals surface area contributed by atoms with Crippen LogP contribution in [0, 0.1) is 0 Å². The maximum atomic E-state index is 5.28. The van der Waals surface area contributed by atoms with Crippen molar-refractivity contribution in [3.8, 4) is 5.75 Å². The molecular weight excluding hydrogens is 324 g/mol. The largest absolute Gasteiger partial charge is 0.497 e. The van der Waals surface area contributed by atoms with E-state index in [-0.39, 0.29) is 0 Å². The quantitative estimate of drug-likeness (QED) is 0.582. The fourth-order valence-corrected chi connectivity index (χ4v) is 3.08. The molecule has 0 saturated heterocycles. The highest BCUT2D eigenvalue weighted by Gasteiger charge is 2.09. The maximum absolute atomic E-state index is 5.28. The number of hydrogen-bond acceptors (Lipinski definition) is 1. The Labute approximate surface area is 136 Å². The Morgan fingerprint density at radius 3 is 2.48 bits per heavy atom. The van der Waals surface area contributed by atoms with Crippen LogP contribution in [0.3, 0.4) is 0 Å². The van der Waals surface area contributed by atoms with E-state index in [1.54, 1.807) is 7.11 Å². The second-order valence-electron chi connectivity index (χ2n) is 5.37. The van der Waals surface area contributed by atoms with Gasteiger partial charge >= 0.3 is 0 Å². The third-order valence-electron chi connectivity index (χ3n) is 3.71. The number of unbranched alkanes of at least 4 members (excludes halogenated alkanes) is 1. The van der Waals surface area contributed by atoms with Gasteiger partial charge in [-0.15, -0.1) is 0 Å². The molecule has 1 atom stereocenters. The molecule has 0 saturated carbocycles. The first-order chi connectivity index (χ1) is 10.2. The van der Waals surface area contributed by atoms with Gasteiger partial charge in [-0.2, -0.15) is 0 Å². The first-order valence-corrected chi connectivity index (χ1v) is 8.50. The summed E-state index contributed by atoms with van der Waals surface area (Å²) in [6, 6.07) is 17.3. The predicted octanol–water partition coefficient (Wildman–Crippen LogP) is 5.72. The van der Waals surface area contributed by atoms with Gasteiger partial charge in [-0.3, -0.25) is 0 Å². The fourth-order valence-electron chi connectivity index (χ4n) is 2.40. The van der Waals surface area contributed by atoms with E-state index >= 15 is 0 Å². The molecule has 0 heterocycles. The lowest BCUT2D eigenvalue weighted by atomic mass is 10.0. The Hall–Kier alpha value is -1.28. The van der Waals surface area contributed by atoms with Crippen LogP contribution in [0.1, 0.15) is 41.3 Å². The SMILES string of the molecule is CCCCc1ccc(C(Br)Cc2cccc(OC)c2)cc1. The van der Waals surface area contributed by atoms with Crippen LogP contribution in [0.2, 0.25) is 0 Å². The monoisotopic (exact) mass is 346 g/mol. The molecule has 2 rings (SSSR count). The van der Waals surface area contributed by atoms with Crippen LogP contribution in [-0.4, -0.2) is 7.11 Å². The topological polar surface area (TPSA) is 9.23 Å². The molecule has 1 unspecified atom stereocenters. The molecule has 2 heteroatoms. The van der Waals surface area contributed by atoms with Crippen molar-refractivity contribution in [3.63, 3.8) is 0 Å². The van der Waals surface area contributed by atoms with Crippen LogP contribution in [-0.2, 0) is 12.8 Å². The fraction of sp³-hybridized carbons (Fsp3) is 0.368. The van der Waals surface area contributed by atoms with Gasteiger partial charge < -0.3 is 4.74 Å². The third kappa shape index (κ3) is 4.89. The molecule has 112 valence electrons. The Morgan fingerprint density at radius 1 is 1.05 bits per heavy atom. The Bertz CT molecular complexity index is 548. The number of hydrogen-bond donors (Lipinski definition) is 0. The summed E-state index contributed by atoms with van der Waals surface area (Å²) in [4.78, 5) is 0.338. The minimum atomic E-state index is 0.338. The molecule has 21 heavy (non-hydrogen) atoms. The van der Waals surface area contributed by atoms with Crippen LogP contribution >= 0.6 is 15.9 Å². The number of benzene rings is 2. The van der Waals surface area contributed by atoms with Crippen molar-refractivity contribution in [1.82, 2.24) is 0 Å². The molecule has 0 aliphatic rings. The highest BCUT2D eigenvalue weighted by molar-refractivity contribution is 9.09. The van der Waals surface area contributed by atoms with Crippen molar-refractivity contribution < 1.29 is 4.74 Å². The summed E-state index contributed by atoms with van der Waals surface area (Å²) < 4.78 is 5.28. The second kappa shape index (κ2) is 8.23. The molecule has 0 N–H and O–H groups in total. The molecular formula is C19H23BrO. The second-order valence-corrected chi connectivity index (χ2v) is 6.47. The average Bonchev–Trinajstić information content (AvgIpc) is 2.53. The summed E-state index contributed by atoms with van der Waals surface area (Å²) >= 11 is 3.81. The van der Waals surface area contributed by atoms with Crippen molar-refractivity contribution in [3.05, 3.63) is 65.2 Å². The van der Waals surface area contributed by atoms with Crippen molar-refractivity contribution >= 4 is 15.9 Å². The van der Waals surface area contributed by atoms with E-state index in [1.807, 2.05) is 12.1 Å². The standard InChI is InChI=1S/C19H23BrO/c1-3-4-6-15-9-11-17(12-10-15)19(20)14-16-7-5-8-18(13-16)21-2/h5,7-13,19H,3-4,6,14H2,1-2H3. The van der Waals surface area contributed by atoms with Crippen LogP contribution in [0.15, 0.2) is 48.5 Å². The predicted molar refractivity (Wildman–Crippen MR) is 93.4 cm³/mol. The molecule has 1 nitrogen and oxygen atoms in total. The number of halogens is 1. The van der Waals surface area contributed by atoms with E-state index in [0.717, 1.165) is 12.2 Å². The van der Waals surface area contributed by atoms with E-state index in [0.29, 0.717) is 4.83 Å². The lowest BCUT2D eigenvalue weighted by Crippen LogP contribution is -1.96. The zero-order chi connectivity index (χ0) is 15.1. The molecule has 0 radical (unpaired) electrons. The minimum Gasteiger partial charge on any atom is -0.497 e. The van der Waals surface area contributed by atoms with Crippen LogP contribution in [0.5, 0.6) is 5.75 Å². The first-order valence-electron chi connectivity index (χ1n) is 7.58. The van der Waals surface area contributed by atoms with Crippen molar-refractivity contribution in [2.45, 2.75) is 37.4 Å². The lowest BCUT2D eigenvalue weighted by molar-refractivity contribution is 0.414. The van der Waals surface area contributed by atoms with Gasteiger partial charge in [0.2, 0.25) is 0 Å².